The van der Waals surface area contributed by atoms with Gasteiger partial charge in [0.2, 0.25) is 0 Å². The van der Waals surface area contributed by atoms with E-state index in [4.69, 9.17) is 15.6 Å². The molecule has 0 spiro atoms. The van der Waals surface area contributed by atoms with E-state index in [2.05, 4.69) is 10.1 Å². The Bertz CT molecular complexity index is 539. The van der Waals surface area contributed by atoms with Gasteiger partial charge in [-0.15, -0.1) is 0 Å². The predicted molar refractivity (Wildman–Crippen MR) is 62.2 cm³/mol. The zero-order chi connectivity index (χ0) is 11.8. The number of hydrogen-bond donors (Lipinski definition) is 2. The maximum atomic E-state index is 9.05. The fourth-order valence-electron chi connectivity index (χ4n) is 2.18. The molecule has 2 atom stereocenters. The van der Waals surface area contributed by atoms with Crippen LogP contribution >= 0.6 is 0 Å². The number of aromatic nitrogens is 3. The number of aliphatic hydroxyl groups excluding tert-OH is 1. The van der Waals surface area contributed by atoms with E-state index < -0.39 is 0 Å². The molecule has 90 valence electrons. The third-order valence-corrected chi connectivity index (χ3v) is 3.09. The van der Waals surface area contributed by atoms with Crippen molar-refractivity contribution in [3.05, 3.63) is 18.5 Å². The summed E-state index contributed by atoms with van der Waals surface area (Å²) >= 11 is 0. The first-order valence-corrected chi connectivity index (χ1v) is 5.63. The highest BCUT2D eigenvalue weighted by molar-refractivity contribution is 5.87. The first-order valence-electron chi connectivity index (χ1n) is 5.63. The van der Waals surface area contributed by atoms with Gasteiger partial charge in [0.1, 0.15) is 0 Å². The largest absolute Gasteiger partial charge is 0.398 e. The molecular formula is C11H14N4O2. The monoisotopic (exact) mass is 234 g/mol. The number of aliphatic hydroxyl groups is 1. The summed E-state index contributed by atoms with van der Waals surface area (Å²) in [5, 5.41) is 14.2. The molecule has 1 saturated heterocycles. The zero-order valence-electron chi connectivity index (χ0n) is 9.28. The van der Waals surface area contributed by atoms with Crippen molar-refractivity contribution in [2.75, 3.05) is 12.3 Å². The van der Waals surface area contributed by atoms with Crippen molar-refractivity contribution in [1.29, 1.82) is 0 Å². The number of fused-ring (bicyclic) bond motifs is 1. The van der Waals surface area contributed by atoms with Crippen LogP contribution in [0.5, 0.6) is 0 Å². The van der Waals surface area contributed by atoms with Crippen LogP contribution in [0.3, 0.4) is 0 Å². The van der Waals surface area contributed by atoms with Gasteiger partial charge in [0, 0.05) is 11.9 Å². The van der Waals surface area contributed by atoms with Crippen molar-refractivity contribution in [2.24, 2.45) is 0 Å². The molecule has 1 fully saturated rings. The van der Waals surface area contributed by atoms with Crippen molar-refractivity contribution in [3.63, 3.8) is 0 Å². The Labute approximate surface area is 98.0 Å². The maximum Gasteiger partial charge on any atom is 0.162 e. The highest BCUT2D eigenvalue weighted by Crippen LogP contribution is 2.30. The lowest BCUT2D eigenvalue weighted by Crippen LogP contribution is -2.15. The molecule has 17 heavy (non-hydrogen) atoms. The molecule has 2 aromatic heterocycles. The molecule has 1 aliphatic rings. The lowest BCUT2D eigenvalue weighted by Gasteiger charge is -2.12. The summed E-state index contributed by atoms with van der Waals surface area (Å²) in [5.74, 6) is 0. The summed E-state index contributed by atoms with van der Waals surface area (Å²) in [4.78, 5) is 4.28. The van der Waals surface area contributed by atoms with Gasteiger partial charge in [-0.25, -0.2) is 9.67 Å². The Hall–Kier alpha value is -1.66. The molecule has 6 nitrogen and oxygen atoms in total. The van der Waals surface area contributed by atoms with Gasteiger partial charge in [-0.2, -0.15) is 5.10 Å². The highest BCUT2D eigenvalue weighted by atomic mass is 16.5. The topological polar surface area (TPSA) is 86.2 Å². The molecule has 0 bridgehead atoms. The van der Waals surface area contributed by atoms with Crippen LogP contribution in [-0.2, 0) is 4.74 Å². The summed E-state index contributed by atoms with van der Waals surface area (Å²) in [6, 6.07) is 1.75. The molecule has 3 rings (SSSR count). The number of hydrogen-bond acceptors (Lipinski definition) is 5. The predicted octanol–water partition coefficient (Wildman–Crippen LogP) is 0.683. The number of ether oxygens (including phenoxy) is 1. The van der Waals surface area contributed by atoms with Crippen molar-refractivity contribution in [1.82, 2.24) is 14.8 Å². The van der Waals surface area contributed by atoms with E-state index in [1.807, 2.05) is 0 Å². The second kappa shape index (κ2) is 3.97. The van der Waals surface area contributed by atoms with Gasteiger partial charge < -0.3 is 15.6 Å². The summed E-state index contributed by atoms with van der Waals surface area (Å²) in [6.07, 6.45) is 4.78. The van der Waals surface area contributed by atoms with Crippen LogP contribution in [0.4, 0.5) is 5.69 Å². The summed E-state index contributed by atoms with van der Waals surface area (Å²) in [7, 11) is 0. The fourth-order valence-corrected chi connectivity index (χ4v) is 2.18. The van der Waals surface area contributed by atoms with E-state index in [0.717, 1.165) is 23.9 Å². The van der Waals surface area contributed by atoms with Gasteiger partial charge in [-0.05, 0) is 18.9 Å². The van der Waals surface area contributed by atoms with Crippen LogP contribution in [0.25, 0.3) is 11.0 Å². The van der Waals surface area contributed by atoms with Gasteiger partial charge >= 0.3 is 0 Å². The van der Waals surface area contributed by atoms with Crippen molar-refractivity contribution in [2.45, 2.75) is 25.2 Å². The Balaban J connectivity index is 1.99. The third-order valence-electron chi connectivity index (χ3n) is 3.09. The zero-order valence-corrected chi connectivity index (χ0v) is 9.28. The number of nitrogens with zero attached hydrogens (tertiary/aromatic N) is 3. The minimum atomic E-state index is -0.154. The quantitative estimate of drug-likeness (QED) is 0.798. The van der Waals surface area contributed by atoms with Gasteiger partial charge in [-0.3, -0.25) is 0 Å². The molecule has 3 heterocycles. The minimum Gasteiger partial charge on any atom is -0.398 e. The van der Waals surface area contributed by atoms with Crippen LogP contribution in [0, 0.1) is 0 Å². The molecule has 0 amide bonds. The summed E-state index contributed by atoms with van der Waals surface area (Å²) in [6.45, 7) is 0.0469. The van der Waals surface area contributed by atoms with Crippen LogP contribution in [0.2, 0.25) is 0 Å². The first kappa shape index (κ1) is 10.5. The Morgan fingerprint density at radius 2 is 2.41 bits per heavy atom. The number of anilines is 1. The van der Waals surface area contributed by atoms with Crippen molar-refractivity contribution in [3.8, 4) is 0 Å². The van der Waals surface area contributed by atoms with Gasteiger partial charge in [-0.1, -0.05) is 0 Å². The standard InChI is InChI=1S/C11H14N4O2/c12-9-3-4-13-11-8(9)5-14-15(11)10-2-1-7(6-16)17-10/h3-5,7,10,16H,1-2,6H2,(H2,12,13). The second-order valence-corrected chi connectivity index (χ2v) is 4.20. The lowest BCUT2D eigenvalue weighted by molar-refractivity contribution is -0.0262. The molecule has 1 aliphatic heterocycles. The van der Waals surface area contributed by atoms with Crippen LogP contribution in [-0.4, -0.2) is 32.6 Å². The molecule has 6 heteroatoms. The average Bonchev–Trinajstić information content (AvgIpc) is 2.94. The SMILES string of the molecule is Nc1ccnc2c1cnn2C1CCC(CO)O1. The summed E-state index contributed by atoms with van der Waals surface area (Å²) in [5.41, 5.74) is 7.24. The Kier molecular flexibility index (Phi) is 2.45. The van der Waals surface area contributed by atoms with E-state index >= 15 is 0 Å². The number of nitrogens with two attached hydrogens (primary N) is 1. The Morgan fingerprint density at radius 3 is 3.18 bits per heavy atom. The van der Waals surface area contributed by atoms with Gasteiger partial charge in [0.05, 0.1) is 24.3 Å². The maximum absolute atomic E-state index is 9.05. The number of nitrogen functional groups attached to an aromatic ring is 1. The van der Waals surface area contributed by atoms with E-state index in [1.165, 1.54) is 0 Å². The third kappa shape index (κ3) is 1.65. The molecule has 0 saturated carbocycles. The van der Waals surface area contributed by atoms with Crippen molar-refractivity contribution < 1.29 is 9.84 Å². The lowest BCUT2D eigenvalue weighted by atomic mass is 10.2. The van der Waals surface area contributed by atoms with Crippen LogP contribution in [0.15, 0.2) is 18.5 Å². The molecule has 0 aliphatic carbocycles. The number of pyridine rings is 1. The highest BCUT2D eigenvalue weighted by Gasteiger charge is 2.27. The number of rotatable bonds is 2. The van der Waals surface area contributed by atoms with E-state index in [0.29, 0.717) is 5.69 Å². The molecule has 3 N–H and O–H groups in total. The molecule has 0 radical (unpaired) electrons. The fraction of sp³-hybridized carbons (Fsp3) is 0.455. The van der Waals surface area contributed by atoms with Gasteiger partial charge in [0.15, 0.2) is 11.9 Å². The first-order chi connectivity index (χ1) is 8.29. The van der Waals surface area contributed by atoms with E-state index in [9.17, 15) is 0 Å². The molecule has 0 aromatic carbocycles. The Morgan fingerprint density at radius 1 is 1.53 bits per heavy atom. The molecule has 2 aromatic rings. The normalized spacial score (nSPS) is 24.5. The smallest absolute Gasteiger partial charge is 0.162 e. The average molecular weight is 234 g/mol. The minimum absolute atomic E-state index is 0.0469. The van der Waals surface area contributed by atoms with Crippen LogP contribution < -0.4 is 5.73 Å². The molecule has 2 unspecified atom stereocenters. The summed E-state index contributed by atoms with van der Waals surface area (Å²) < 4.78 is 7.41. The second-order valence-electron chi connectivity index (χ2n) is 4.20. The van der Waals surface area contributed by atoms with E-state index in [1.54, 1.807) is 23.1 Å². The van der Waals surface area contributed by atoms with Gasteiger partial charge in [0.25, 0.3) is 0 Å². The van der Waals surface area contributed by atoms with Crippen LogP contribution in [0.1, 0.15) is 19.1 Å². The molecular weight excluding hydrogens is 220 g/mol. The van der Waals surface area contributed by atoms with E-state index in [-0.39, 0.29) is 18.9 Å². The van der Waals surface area contributed by atoms with Crippen molar-refractivity contribution >= 4 is 16.7 Å².